The minimum absolute atomic E-state index is 0.856. The number of carboxylic acid groups (broad SMARTS) is 3. The highest BCUT2D eigenvalue weighted by Crippen LogP contribution is 2.30. The largest absolute Gasteiger partial charge is 0.481 e. The average molecular weight is 334 g/mol. The van der Waals surface area contributed by atoms with Gasteiger partial charge in [-0.2, -0.15) is 0 Å². The lowest BCUT2D eigenvalue weighted by Crippen LogP contribution is -2.52. The van der Waals surface area contributed by atoms with Crippen LogP contribution in [-0.2, 0) is 23.9 Å². The standard InChI is InChI=1S/C14H22O9/c1-7(2)13(22,11(18)19)6-10(17)23-14(8(3)4,12(20)21)5-9(15)16/h7-8,22H,5-6H2,1-4H3,(H,15,16)(H,18,19)(H,20,21). The molecule has 0 spiro atoms. The fraction of sp³-hybridized carbons (Fsp3) is 0.714. The normalized spacial score (nSPS) is 16.5. The Kier molecular flexibility index (Phi) is 6.71. The average Bonchev–Trinajstić information content (AvgIpc) is 2.35. The first-order chi connectivity index (χ1) is 10.3. The van der Waals surface area contributed by atoms with Crippen LogP contribution in [0.3, 0.4) is 0 Å². The quantitative estimate of drug-likeness (QED) is 0.436. The van der Waals surface area contributed by atoms with Crippen LogP contribution in [0.4, 0.5) is 0 Å². The van der Waals surface area contributed by atoms with Gasteiger partial charge < -0.3 is 25.2 Å². The van der Waals surface area contributed by atoms with Crippen molar-refractivity contribution in [1.82, 2.24) is 0 Å². The van der Waals surface area contributed by atoms with Gasteiger partial charge in [0, 0.05) is 5.92 Å². The van der Waals surface area contributed by atoms with E-state index in [1.54, 1.807) is 0 Å². The summed E-state index contributed by atoms with van der Waals surface area (Å²) in [6.07, 6.45) is -1.99. The summed E-state index contributed by atoms with van der Waals surface area (Å²) in [6, 6.07) is 0. The highest BCUT2D eigenvalue weighted by Gasteiger charge is 2.50. The van der Waals surface area contributed by atoms with Crippen LogP contribution in [-0.4, -0.2) is 55.5 Å². The maximum atomic E-state index is 12.0. The first-order valence-corrected chi connectivity index (χ1v) is 6.92. The van der Waals surface area contributed by atoms with Gasteiger partial charge in [0.2, 0.25) is 5.60 Å². The van der Waals surface area contributed by atoms with Crippen molar-refractivity contribution in [1.29, 1.82) is 0 Å². The van der Waals surface area contributed by atoms with E-state index in [1.807, 2.05) is 0 Å². The number of aliphatic hydroxyl groups is 1. The Bertz CT molecular complexity index is 496. The van der Waals surface area contributed by atoms with Crippen LogP contribution >= 0.6 is 0 Å². The Balaban J connectivity index is 5.53. The first kappa shape index (κ1) is 20.8. The van der Waals surface area contributed by atoms with E-state index < -0.39 is 59.8 Å². The molecule has 0 aliphatic heterocycles. The predicted octanol–water partition coefficient (Wildman–Crippen LogP) is 0.346. The van der Waals surface area contributed by atoms with E-state index in [2.05, 4.69) is 0 Å². The number of esters is 1. The molecule has 23 heavy (non-hydrogen) atoms. The van der Waals surface area contributed by atoms with Crippen molar-refractivity contribution in [3.63, 3.8) is 0 Å². The van der Waals surface area contributed by atoms with Gasteiger partial charge in [-0.15, -0.1) is 0 Å². The van der Waals surface area contributed by atoms with E-state index in [0.717, 1.165) is 0 Å². The third kappa shape index (κ3) is 4.65. The Morgan fingerprint density at radius 3 is 1.61 bits per heavy atom. The summed E-state index contributed by atoms with van der Waals surface area (Å²) < 4.78 is 4.83. The second-order valence-corrected chi connectivity index (χ2v) is 5.95. The summed E-state index contributed by atoms with van der Waals surface area (Å²) in [6.45, 7) is 5.45. The Morgan fingerprint density at radius 2 is 1.35 bits per heavy atom. The van der Waals surface area contributed by atoms with Gasteiger partial charge in [-0.05, 0) is 5.92 Å². The summed E-state index contributed by atoms with van der Waals surface area (Å²) in [5, 5.41) is 37.2. The third-order valence-electron chi connectivity index (χ3n) is 3.74. The van der Waals surface area contributed by atoms with E-state index in [0.29, 0.717) is 0 Å². The van der Waals surface area contributed by atoms with Crippen LogP contribution in [0, 0.1) is 11.8 Å². The van der Waals surface area contributed by atoms with Crippen LogP contribution in [0.15, 0.2) is 0 Å². The van der Waals surface area contributed by atoms with E-state index in [1.165, 1.54) is 27.7 Å². The van der Waals surface area contributed by atoms with E-state index in [4.69, 9.17) is 14.9 Å². The predicted molar refractivity (Wildman–Crippen MR) is 75.6 cm³/mol. The van der Waals surface area contributed by atoms with Crippen LogP contribution in [0.2, 0.25) is 0 Å². The van der Waals surface area contributed by atoms with Gasteiger partial charge >= 0.3 is 23.9 Å². The van der Waals surface area contributed by atoms with E-state index in [9.17, 15) is 29.4 Å². The molecule has 0 bridgehead atoms. The van der Waals surface area contributed by atoms with Crippen LogP contribution < -0.4 is 0 Å². The van der Waals surface area contributed by atoms with Gasteiger partial charge in [-0.1, -0.05) is 27.7 Å². The smallest absolute Gasteiger partial charge is 0.349 e. The van der Waals surface area contributed by atoms with Gasteiger partial charge in [-0.3, -0.25) is 9.59 Å². The summed E-state index contributed by atoms with van der Waals surface area (Å²) >= 11 is 0. The Morgan fingerprint density at radius 1 is 0.870 bits per heavy atom. The molecule has 132 valence electrons. The maximum absolute atomic E-state index is 12.0. The number of rotatable bonds is 9. The second kappa shape index (κ2) is 7.40. The molecule has 9 heteroatoms. The van der Waals surface area contributed by atoms with Gasteiger partial charge in [-0.25, -0.2) is 9.59 Å². The zero-order valence-corrected chi connectivity index (χ0v) is 13.4. The fourth-order valence-corrected chi connectivity index (χ4v) is 1.93. The number of carbonyl (C=O) groups excluding carboxylic acids is 1. The number of hydrogen-bond acceptors (Lipinski definition) is 6. The van der Waals surface area contributed by atoms with Crippen LogP contribution in [0.5, 0.6) is 0 Å². The number of ether oxygens (including phenoxy) is 1. The molecule has 0 rings (SSSR count). The lowest BCUT2D eigenvalue weighted by atomic mass is 9.85. The molecular formula is C14H22O9. The lowest BCUT2D eigenvalue weighted by Gasteiger charge is -2.33. The topological polar surface area (TPSA) is 158 Å². The first-order valence-electron chi connectivity index (χ1n) is 6.92. The molecule has 0 aliphatic carbocycles. The molecule has 2 unspecified atom stereocenters. The fourth-order valence-electron chi connectivity index (χ4n) is 1.93. The number of carboxylic acids is 3. The highest BCUT2D eigenvalue weighted by atomic mass is 16.6. The van der Waals surface area contributed by atoms with Gasteiger partial charge in [0.25, 0.3) is 0 Å². The molecule has 4 N–H and O–H groups in total. The van der Waals surface area contributed by atoms with Crippen molar-refractivity contribution in [2.75, 3.05) is 0 Å². The van der Waals surface area contributed by atoms with Crippen LogP contribution in [0.1, 0.15) is 40.5 Å². The number of carbonyl (C=O) groups is 4. The molecule has 0 radical (unpaired) electrons. The molecule has 0 saturated heterocycles. The van der Waals surface area contributed by atoms with Crippen LogP contribution in [0.25, 0.3) is 0 Å². The molecule has 0 aromatic rings. The molecule has 0 aliphatic rings. The van der Waals surface area contributed by atoms with Crippen molar-refractivity contribution >= 4 is 23.9 Å². The molecule has 2 atom stereocenters. The summed E-state index contributed by atoms with van der Waals surface area (Å²) in [5.74, 6) is -7.87. The minimum Gasteiger partial charge on any atom is -0.481 e. The molecule has 0 aromatic heterocycles. The third-order valence-corrected chi connectivity index (χ3v) is 3.74. The summed E-state index contributed by atoms with van der Waals surface area (Å²) in [7, 11) is 0. The number of aliphatic carboxylic acids is 3. The van der Waals surface area contributed by atoms with Gasteiger partial charge in [0.05, 0.1) is 12.8 Å². The molecule has 0 amide bonds. The zero-order valence-electron chi connectivity index (χ0n) is 13.4. The van der Waals surface area contributed by atoms with Gasteiger partial charge in [0.15, 0.2) is 5.60 Å². The summed E-state index contributed by atoms with van der Waals surface area (Å²) in [4.78, 5) is 45.5. The molecule has 0 saturated carbocycles. The van der Waals surface area contributed by atoms with Crippen molar-refractivity contribution in [2.24, 2.45) is 11.8 Å². The molecule has 0 aromatic carbocycles. The zero-order chi connectivity index (χ0) is 18.6. The Hall–Kier alpha value is -2.16. The Labute approximate surface area is 132 Å². The summed E-state index contributed by atoms with van der Waals surface area (Å²) in [5.41, 5.74) is -4.79. The minimum atomic E-state index is -2.44. The molecule has 0 fully saturated rings. The molecule has 0 heterocycles. The van der Waals surface area contributed by atoms with E-state index >= 15 is 0 Å². The highest BCUT2D eigenvalue weighted by molar-refractivity contribution is 5.89. The SMILES string of the molecule is CC(C)C(O)(CC(=O)OC(CC(=O)O)(C(=O)O)C(C)C)C(=O)O. The monoisotopic (exact) mass is 334 g/mol. The van der Waals surface area contributed by atoms with Crippen molar-refractivity contribution in [3.8, 4) is 0 Å². The molecular weight excluding hydrogens is 312 g/mol. The van der Waals surface area contributed by atoms with Crippen molar-refractivity contribution in [3.05, 3.63) is 0 Å². The second-order valence-electron chi connectivity index (χ2n) is 5.95. The number of hydrogen-bond donors (Lipinski definition) is 4. The van der Waals surface area contributed by atoms with E-state index in [-0.39, 0.29) is 0 Å². The van der Waals surface area contributed by atoms with Crippen molar-refractivity contribution in [2.45, 2.75) is 51.7 Å². The van der Waals surface area contributed by atoms with Crippen molar-refractivity contribution < 1.29 is 44.3 Å². The lowest BCUT2D eigenvalue weighted by molar-refractivity contribution is -0.194. The van der Waals surface area contributed by atoms with Gasteiger partial charge in [0.1, 0.15) is 0 Å². The molecule has 9 nitrogen and oxygen atoms in total. The maximum Gasteiger partial charge on any atom is 0.349 e.